The van der Waals surface area contributed by atoms with E-state index < -0.39 is 11.4 Å². The molecule has 0 heterocycles. The zero-order valence-corrected chi connectivity index (χ0v) is 12.0. The van der Waals surface area contributed by atoms with Crippen LogP contribution in [0.3, 0.4) is 0 Å². The largest absolute Gasteiger partial charge is 0.508 e. The standard InChI is InChI=1S/C15H19ClO3/c1-9(2)10-7-13(17)11(8-12(10)16)15(14(18)19)5-3-4-6-15/h7-9,17H,3-6H2,1-2H3,(H,18,19). The summed E-state index contributed by atoms with van der Waals surface area (Å²) in [5, 5.41) is 20.3. The molecule has 0 atom stereocenters. The maximum absolute atomic E-state index is 11.7. The van der Waals surface area contributed by atoms with Crippen LogP contribution in [0, 0.1) is 0 Å². The minimum absolute atomic E-state index is 0.0531. The Hall–Kier alpha value is -1.22. The van der Waals surface area contributed by atoms with Gasteiger partial charge in [0, 0.05) is 10.6 Å². The Balaban J connectivity index is 2.56. The second-order valence-electron chi connectivity index (χ2n) is 5.64. The number of carboxylic acid groups (broad SMARTS) is 1. The molecule has 1 aromatic rings. The number of phenols is 1. The van der Waals surface area contributed by atoms with Crippen molar-refractivity contribution in [3.63, 3.8) is 0 Å². The molecule has 0 spiro atoms. The first-order valence-electron chi connectivity index (χ1n) is 6.65. The molecule has 0 unspecified atom stereocenters. The van der Waals surface area contributed by atoms with E-state index in [1.165, 1.54) is 0 Å². The zero-order chi connectivity index (χ0) is 14.2. The van der Waals surface area contributed by atoms with Crippen LogP contribution in [0.25, 0.3) is 0 Å². The van der Waals surface area contributed by atoms with Crippen molar-refractivity contribution in [3.8, 4) is 5.75 Å². The van der Waals surface area contributed by atoms with Gasteiger partial charge in [-0.1, -0.05) is 38.3 Å². The van der Waals surface area contributed by atoms with Gasteiger partial charge in [0.15, 0.2) is 0 Å². The molecule has 4 heteroatoms. The van der Waals surface area contributed by atoms with Crippen molar-refractivity contribution in [2.75, 3.05) is 0 Å². The molecular formula is C15H19ClO3. The van der Waals surface area contributed by atoms with E-state index in [2.05, 4.69) is 0 Å². The van der Waals surface area contributed by atoms with Crippen molar-refractivity contribution in [1.82, 2.24) is 0 Å². The van der Waals surface area contributed by atoms with Crippen LogP contribution < -0.4 is 0 Å². The van der Waals surface area contributed by atoms with Crippen molar-refractivity contribution in [2.24, 2.45) is 0 Å². The highest BCUT2D eigenvalue weighted by Gasteiger charge is 2.44. The molecule has 0 amide bonds. The van der Waals surface area contributed by atoms with Crippen LogP contribution >= 0.6 is 11.6 Å². The first-order valence-corrected chi connectivity index (χ1v) is 7.02. The van der Waals surface area contributed by atoms with Crippen molar-refractivity contribution in [2.45, 2.75) is 50.9 Å². The van der Waals surface area contributed by atoms with Gasteiger partial charge >= 0.3 is 5.97 Å². The number of halogens is 1. The van der Waals surface area contributed by atoms with E-state index in [1.807, 2.05) is 13.8 Å². The first-order chi connectivity index (χ1) is 8.88. The molecule has 1 fully saturated rings. The average molecular weight is 283 g/mol. The summed E-state index contributed by atoms with van der Waals surface area (Å²) in [7, 11) is 0. The van der Waals surface area contributed by atoms with Gasteiger partial charge in [-0.15, -0.1) is 0 Å². The molecule has 3 nitrogen and oxygen atoms in total. The van der Waals surface area contributed by atoms with Gasteiger partial charge in [-0.3, -0.25) is 4.79 Å². The number of aliphatic carboxylic acids is 1. The quantitative estimate of drug-likeness (QED) is 0.879. The third-order valence-corrected chi connectivity index (χ3v) is 4.45. The minimum atomic E-state index is -0.969. The van der Waals surface area contributed by atoms with Crippen LogP contribution in [0.1, 0.15) is 56.6 Å². The van der Waals surface area contributed by atoms with Gasteiger partial charge < -0.3 is 10.2 Å². The summed E-state index contributed by atoms with van der Waals surface area (Å²) in [6.45, 7) is 3.98. The number of benzene rings is 1. The van der Waals surface area contributed by atoms with Crippen LogP contribution in [0.2, 0.25) is 5.02 Å². The van der Waals surface area contributed by atoms with E-state index in [4.69, 9.17) is 11.6 Å². The molecule has 1 aliphatic carbocycles. The lowest BCUT2D eigenvalue weighted by molar-refractivity contribution is -0.143. The second kappa shape index (κ2) is 5.04. The Bertz CT molecular complexity index is 502. The van der Waals surface area contributed by atoms with Crippen LogP contribution in [-0.2, 0) is 10.2 Å². The van der Waals surface area contributed by atoms with Gasteiger partial charge in [-0.05, 0) is 36.5 Å². The molecule has 104 valence electrons. The third kappa shape index (κ3) is 2.32. The lowest BCUT2D eigenvalue weighted by Gasteiger charge is -2.26. The summed E-state index contributed by atoms with van der Waals surface area (Å²) in [6, 6.07) is 3.26. The average Bonchev–Trinajstić information content (AvgIpc) is 2.81. The molecule has 0 aromatic heterocycles. The minimum Gasteiger partial charge on any atom is -0.508 e. The smallest absolute Gasteiger partial charge is 0.314 e. The monoisotopic (exact) mass is 282 g/mol. The summed E-state index contributed by atoms with van der Waals surface area (Å²) in [5.74, 6) is -0.622. The van der Waals surface area contributed by atoms with E-state index in [1.54, 1.807) is 12.1 Å². The van der Waals surface area contributed by atoms with E-state index >= 15 is 0 Å². The fourth-order valence-electron chi connectivity index (χ4n) is 2.98. The topological polar surface area (TPSA) is 57.5 Å². The number of carbonyl (C=O) groups is 1. The third-order valence-electron chi connectivity index (χ3n) is 4.12. The van der Waals surface area contributed by atoms with Crippen molar-refractivity contribution in [1.29, 1.82) is 0 Å². The van der Waals surface area contributed by atoms with Crippen molar-refractivity contribution in [3.05, 3.63) is 28.3 Å². The fourth-order valence-corrected chi connectivity index (χ4v) is 3.36. The molecule has 2 N–H and O–H groups in total. The summed E-state index contributed by atoms with van der Waals surface area (Å²) in [5.41, 5.74) is 0.344. The second-order valence-corrected chi connectivity index (χ2v) is 6.05. The van der Waals surface area contributed by atoms with Crippen molar-refractivity contribution < 1.29 is 15.0 Å². The molecule has 1 aliphatic rings. The lowest BCUT2D eigenvalue weighted by atomic mass is 9.77. The number of hydrogen-bond acceptors (Lipinski definition) is 2. The Labute approximate surface area is 118 Å². The van der Waals surface area contributed by atoms with Gasteiger partial charge in [-0.2, -0.15) is 0 Å². The highest BCUT2D eigenvalue weighted by molar-refractivity contribution is 6.31. The van der Waals surface area contributed by atoms with Gasteiger partial charge in [0.2, 0.25) is 0 Å². The maximum Gasteiger partial charge on any atom is 0.314 e. The van der Waals surface area contributed by atoms with Crippen LogP contribution in [0.5, 0.6) is 5.75 Å². The Morgan fingerprint density at radius 1 is 1.32 bits per heavy atom. The highest BCUT2D eigenvalue weighted by Crippen LogP contribution is 2.46. The molecule has 0 bridgehead atoms. The molecule has 0 radical (unpaired) electrons. The van der Waals surface area contributed by atoms with E-state index in [0.29, 0.717) is 23.4 Å². The predicted molar refractivity (Wildman–Crippen MR) is 75.0 cm³/mol. The summed E-state index contributed by atoms with van der Waals surface area (Å²) < 4.78 is 0. The Kier molecular flexibility index (Phi) is 3.77. The van der Waals surface area contributed by atoms with E-state index in [-0.39, 0.29) is 11.7 Å². The van der Waals surface area contributed by atoms with Gasteiger partial charge in [0.1, 0.15) is 5.75 Å². The Morgan fingerprint density at radius 3 is 2.37 bits per heavy atom. The highest BCUT2D eigenvalue weighted by atomic mass is 35.5. The predicted octanol–water partition coefficient (Wildman–Crippen LogP) is 4.07. The summed E-state index contributed by atoms with van der Waals surface area (Å²) in [6.07, 6.45) is 2.87. The fraction of sp³-hybridized carbons (Fsp3) is 0.533. The number of carboxylic acids is 1. The Morgan fingerprint density at radius 2 is 1.89 bits per heavy atom. The summed E-state index contributed by atoms with van der Waals surface area (Å²) >= 11 is 6.24. The number of rotatable bonds is 3. The summed E-state index contributed by atoms with van der Waals surface area (Å²) in [4.78, 5) is 11.7. The number of hydrogen-bond donors (Lipinski definition) is 2. The lowest BCUT2D eigenvalue weighted by Crippen LogP contribution is -2.32. The molecule has 1 saturated carbocycles. The van der Waals surface area contributed by atoms with Crippen LogP contribution in [0.15, 0.2) is 12.1 Å². The maximum atomic E-state index is 11.7. The molecule has 2 rings (SSSR count). The normalized spacial score (nSPS) is 17.9. The number of aromatic hydroxyl groups is 1. The molecule has 19 heavy (non-hydrogen) atoms. The van der Waals surface area contributed by atoms with E-state index in [9.17, 15) is 15.0 Å². The van der Waals surface area contributed by atoms with Crippen LogP contribution in [0.4, 0.5) is 0 Å². The van der Waals surface area contributed by atoms with Crippen LogP contribution in [-0.4, -0.2) is 16.2 Å². The van der Waals surface area contributed by atoms with Gasteiger partial charge in [0.05, 0.1) is 5.41 Å². The van der Waals surface area contributed by atoms with Gasteiger partial charge in [-0.25, -0.2) is 0 Å². The van der Waals surface area contributed by atoms with Crippen molar-refractivity contribution >= 4 is 17.6 Å². The first kappa shape index (κ1) is 14.2. The molecular weight excluding hydrogens is 264 g/mol. The zero-order valence-electron chi connectivity index (χ0n) is 11.2. The SMILES string of the molecule is CC(C)c1cc(O)c(C2(C(=O)O)CCCC2)cc1Cl. The number of phenolic OH excluding ortho intramolecular Hbond substituents is 1. The van der Waals surface area contributed by atoms with E-state index in [0.717, 1.165) is 18.4 Å². The van der Waals surface area contributed by atoms with Gasteiger partial charge in [0.25, 0.3) is 0 Å². The molecule has 0 saturated heterocycles. The molecule has 0 aliphatic heterocycles. The molecule has 1 aromatic carbocycles.